The number of benzene rings is 1. The second-order valence-electron chi connectivity index (χ2n) is 7.41. The molecule has 162 valence electrons. The van der Waals surface area contributed by atoms with Crippen molar-refractivity contribution < 1.29 is 14.6 Å². The molecule has 0 spiro atoms. The van der Waals surface area contributed by atoms with Crippen LogP contribution in [0.1, 0.15) is 12.1 Å². The molecule has 1 fully saturated rings. The smallest absolute Gasteiger partial charge is 0.258 e. The maximum Gasteiger partial charge on any atom is 0.258 e. The summed E-state index contributed by atoms with van der Waals surface area (Å²) in [6.45, 7) is 3.21. The molecule has 0 radical (unpaired) electrons. The number of nitrogens with zero attached hydrogens (tertiary/aromatic N) is 3. The maximum atomic E-state index is 12.5. The normalized spacial score (nSPS) is 16.4. The van der Waals surface area contributed by atoms with Crippen molar-refractivity contribution >= 4 is 11.6 Å². The number of halogens is 1. The van der Waals surface area contributed by atoms with Gasteiger partial charge in [-0.25, -0.2) is 0 Å². The van der Waals surface area contributed by atoms with Crippen molar-refractivity contribution in [3.63, 3.8) is 0 Å². The van der Waals surface area contributed by atoms with E-state index in [1.165, 1.54) is 6.07 Å². The largest absolute Gasteiger partial charge is 0.492 e. The third-order valence-corrected chi connectivity index (χ3v) is 5.33. The topological polar surface area (TPSA) is 76.8 Å². The van der Waals surface area contributed by atoms with Crippen molar-refractivity contribution in [2.75, 3.05) is 26.2 Å². The van der Waals surface area contributed by atoms with E-state index in [0.717, 1.165) is 36.6 Å². The first-order valence-corrected chi connectivity index (χ1v) is 10.5. The van der Waals surface area contributed by atoms with Gasteiger partial charge in [-0.3, -0.25) is 19.2 Å². The molecular formula is C23H24ClN3O4. The Morgan fingerprint density at radius 3 is 2.61 bits per heavy atom. The molecule has 1 saturated heterocycles. The van der Waals surface area contributed by atoms with Crippen LogP contribution in [0, 0.1) is 0 Å². The zero-order chi connectivity index (χ0) is 21.6. The third-order valence-electron chi connectivity index (χ3n) is 5.11. The van der Waals surface area contributed by atoms with Crippen molar-refractivity contribution in [1.82, 2.24) is 14.5 Å². The summed E-state index contributed by atoms with van der Waals surface area (Å²) in [6.07, 6.45) is 3.85. The van der Waals surface area contributed by atoms with Gasteiger partial charge in [0.25, 0.3) is 5.56 Å². The van der Waals surface area contributed by atoms with Gasteiger partial charge >= 0.3 is 0 Å². The molecular weight excluding hydrogens is 418 g/mol. The Hall–Kier alpha value is -2.87. The Bertz CT molecular complexity index is 1050. The number of pyridine rings is 2. The summed E-state index contributed by atoms with van der Waals surface area (Å²) < 4.78 is 13.0. The number of likely N-dealkylation sites (tertiary alicyclic amines) is 1. The van der Waals surface area contributed by atoms with Crippen molar-refractivity contribution in [3.8, 4) is 17.2 Å². The molecule has 0 unspecified atom stereocenters. The van der Waals surface area contributed by atoms with E-state index in [1.54, 1.807) is 35.2 Å². The van der Waals surface area contributed by atoms with Crippen LogP contribution in [0.2, 0.25) is 5.02 Å². The molecule has 3 heterocycles. The number of aromatic nitrogens is 2. The van der Waals surface area contributed by atoms with Crippen LogP contribution in [0.5, 0.6) is 11.5 Å². The Morgan fingerprint density at radius 1 is 1.10 bits per heavy atom. The van der Waals surface area contributed by atoms with Gasteiger partial charge in [0.2, 0.25) is 0 Å². The summed E-state index contributed by atoms with van der Waals surface area (Å²) in [5, 5.41) is 10.1. The summed E-state index contributed by atoms with van der Waals surface area (Å²) in [4.78, 5) is 18.9. The van der Waals surface area contributed by atoms with Crippen LogP contribution in [0.3, 0.4) is 0 Å². The molecule has 0 aliphatic carbocycles. The van der Waals surface area contributed by atoms with Crippen molar-refractivity contribution in [2.45, 2.75) is 19.1 Å². The highest BCUT2D eigenvalue weighted by atomic mass is 35.5. The van der Waals surface area contributed by atoms with E-state index in [2.05, 4.69) is 9.88 Å². The zero-order valence-electron chi connectivity index (χ0n) is 17.0. The minimum Gasteiger partial charge on any atom is -0.492 e. The lowest BCUT2D eigenvalue weighted by Gasteiger charge is -2.15. The minimum absolute atomic E-state index is 0.192. The first-order chi connectivity index (χ1) is 15.1. The second-order valence-corrected chi connectivity index (χ2v) is 7.85. The van der Waals surface area contributed by atoms with Crippen LogP contribution in [0.15, 0.2) is 65.7 Å². The molecule has 3 aromatic rings. The van der Waals surface area contributed by atoms with Crippen LogP contribution >= 0.6 is 11.6 Å². The van der Waals surface area contributed by atoms with E-state index in [-0.39, 0.29) is 18.3 Å². The van der Waals surface area contributed by atoms with Crippen molar-refractivity contribution in [2.24, 2.45) is 0 Å². The molecule has 1 aromatic carbocycles. The number of hydrogen-bond donors (Lipinski definition) is 1. The van der Waals surface area contributed by atoms with E-state index in [9.17, 15) is 9.90 Å². The molecule has 1 aliphatic rings. The molecule has 1 aliphatic heterocycles. The molecule has 0 amide bonds. The molecule has 31 heavy (non-hydrogen) atoms. The third kappa shape index (κ3) is 5.85. The van der Waals surface area contributed by atoms with Gasteiger partial charge in [-0.15, -0.1) is 0 Å². The summed E-state index contributed by atoms with van der Waals surface area (Å²) in [7, 11) is 0. The highest BCUT2D eigenvalue weighted by Crippen LogP contribution is 2.17. The van der Waals surface area contributed by atoms with Crippen LogP contribution in [-0.2, 0) is 6.61 Å². The number of aliphatic hydroxyl groups excluding tert-OH is 1. The summed E-state index contributed by atoms with van der Waals surface area (Å²) in [5.41, 5.74) is 1.28. The van der Waals surface area contributed by atoms with Gasteiger partial charge in [-0.05, 0) is 48.9 Å². The predicted octanol–water partition coefficient (Wildman–Crippen LogP) is 2.91. The number of hydrogen-bond acceptors (Lipinski definition) is 6. The Balaban J connectivity index is 1.32. The fourth-order valence-corrected chi connectivity index (χ4v) is 3.54. The van der Waals surface area contributed by atoms with Crippen LogP contribution < -0.4 is 15.0 Å². The molecule has 7 nitrogen and oxygen atoms in total. The molecule has 4 rings (SSSR count). The number of β-amino-alcohol motifs (C(OH)–C–C–N with tert-alkyl or cyclic N) is 1. The van der Waals surface area contributed by atoms with E-state index in [0.29, 0.717) is 23.9 Å². The molecule has 2 aromatic heterocycles. The average molecular weight is 442 g/mol. The SMILES string of the molecule is O=c1cc(OCc2ccc(Cl)cn2)ccn1-c1ccc(OCCN2CC[C@H](O)C2)cc1. The van der Waals surface area contributed by atoms with E-state index in [1.807, 2.05) is 24.3 Å². The minimum atomic E-state index is -0.219. The molecule has 8 heteroatoms. The van der Waals surface area contributed by atoms with Gasteiger partial charge in [-0.1, -0.05) is 11.6 Å². The fourth-order valence-electron chi connectivity index (χ4n) is 3.42. The van der Waals surface area contributed by atoms with E-state index in [4.69, 9.17) is 21.1 Å². The monoisotopic (exact) mass is 441 g/mol. The maximum absolute atomic E-state index is 12.5. The molecule has 0 bridgehead atoms. The molecule has 1 atom stereocenters. The highest BCUT2D eigenvalue weighted by molar-refractivity contribution is 6.30. The van der Waals surface area contributed by atoms with Gasteiger partial charge in [0.1, 0.15) is 24.7 Å². The first-order valence-electron chi connectivity index (χ1n) is 10.2. The lowest BCUT2D eigenvalue weighted by molar-refractivity contribution is 0.167. The van der Waals surface area contributed by atoms with Gasteiger partial charge in [0.15, 0.2) is 0 Å². The highest BCUT2D eigenvalue weighted by Gasteiger charge is 2.19. The van der Waals surface area contributed by atoms with Gasteiger partial charge < -0.3 is 14.6 Å². The molecule has 0 saturated carbocycles. The van der Waals surface area contributed by atoms with Crippen LogP contribution in [0.25, 0.3) is 5.69 Å². The number of ether oxygens (including phenoxy) is 2. The summed E-state index contributed by atoms with van der Waals surface area (Å²) in [5.74, 6) is 1.22. The second kappa shape index (κ2) is 9.96. The van der Waals surface area contributed by atoms with Gasteiger partial charge in [-0.2, -0.15) is 0 Å². The first kappa shape index (κ1) is 21.4. The van der Waals surface area contributed by atoms with E-state index >= 15 is 0 Å². The average Bonchev–Trinajstić information content (AvgIpc) is 3.19. The summed E-state index contributed by atoms with van der Waals surface area (Å²) in [6, 6.07) is 14.1. The Labute approximate surface area is 185 Å². The van der Waals surface area contributed by atoms with Gasteiger partial charge in [0, 0.05) is 43.8 Å². The lowest BCUT2D eigenvalue weighted by Crippen LogP contribution is -2.27. The lowest BCUT2D eigenvalue weighted by atomic mass is 10.3. The predicted molar refractivity (Wildman–Crippen MR) is 118 cm³/mol. The standard InChI is InChI=1S/C23H24ClN3O4/c24-17-1-2-18(25-14-17)16-31-22-8-10-27(23(29)13-22)19-3-5-21(6-4-19)30-12-11-26-9-7-20(28)15-26/h1-6,8,10,13-14,20,28H,7,9,11-12,15-16H2/t20-/m0/s1. The number of aliphatic hydroxyl groups is 1. The fraction of sp³-hybridized carbons (Fsp3) is 0.304. The Kier molecular flexibility index (Phi) is 6.86. The Morgan fingerprint density at radius 2 is 1.94 bits per heavy atom. The molecule has 1 N–H and O–H groups in total. The summed E-state index contributed by atoms with van der Waals surface area (Å²) >= 11 is 5.83. The van der Waals surface area contributed by atoms with Crippen LogP contribution in [-0.4, -0.2) is 51.9 Å². The van der Waals surface area contributed by atoms with Crippen molar-refractivity contribution in [3.05, 3.63) is 82.0 Å². The van der Waals surface area contributed by atoms with Crippen LogP contribution in [0.4, 0.5) is 0 Å². The zero-order valence-corrected chi connectivity index (χ0v) is 17.7. The van der Waals surface area contributed by atoms with Crippen molar-refractivity contribution in [1.29, 1.82) is 0 Å². The van der Waals surface area contributed by atoms with E-state index < -0.39 is 0 Å². The quantitative estimate of drug-likeness (QED) is 0.579. The number of rotatable bonds is 8. The van der Waals surface area contributed by atoms with Gasteiger partial charge in [0.05, 0.1) is 16.8 Å².